The van der Waals surface area contributed by atoms with Gasteiger partial charge in [0.15, 0.2) is 0 Å². The van der Waals surface area contributed by atoms with Gasteiger partial charge in [-0.15, -0.1) is 10.2 Å². The van der Waals surface area contributed by atoms with Gasteiger partial charge in [-0.25, -0.2) is 8.70 Å². The van der Waals surface area contributed by atoms with Crippen LogP contribution in [-0.4, -0.2) is 45.2 Å². The topological polar surface area (TPSA) is 37.2 Å². The van der Waals surface area contributed by atoms with Crippen molar-refractivity contribution in [3.05, 3.63) is 78.1 Å². The monoisotopic (exact) mass is 451 g/mol. The van der Waals surface area contributed by atoms with Gasteiger partial charge in [-0.05, 0) is 55.4 Å². The van der Waals surface area contributed by atoms with Gasteiger partial charge in [-0.3, -0.25) is 0 Å². The Bertz CT molecular complexity index is 989. The first-order chi connectivity index (χ1) is 15.8. The van der Waals surface area contributed by atoms with Gasteiger partial charge in [0, 0.05) is 43.2 Å². The van der Waals surface area contributed by atoms with Gasteiger partial charge in [0.25, 0.3) is 0 Å². The van der Waals surface area contributed by atoms with Gasteiger partial charge in [-0.2, -0.15) is 0 Å². The number of anilines is 1. The van der Waals surface area contributed by atoms with E-state index in [2.05, 4.69) is 60.4 Å². The first-order valence-electron chi connectivity index (χ1n) is 11.6. The van der Waals surface area contributed by atoms with Crippen LogP contribution in [0.15, 0.2) is 61.2 Å². The van der Waals surface area contributed by atoms with Crippen molar-refractivity contribution in [2.24, 2.45) is 0 Å². The second kappa shape index (κ2) is 10.0. The fourth-order valence-electron chi connectivity index (χ4n) is 4.80. The maximum absolute atomic E-state index is 14.9. The van der Waals surface area contributed by atoms with E-state index in [1.807, 2.05) is 18.0 Å². The summed E-state index contributed by atoms with van der Waals surface area (Å²) >= 11 is 1.93. The summed E-state index contributed by atoms with van der Waals surface area (Å²) in [6, 6.07) is 17.0. The lowest BCUT2D eigenvalue weighted by molar-refractivity contribution is 0.395. The summed E-state index contributed by atoms with van der Waals surface area (Å²) < 4.78 is 19.4. The number of benzene rings is 2. The Morgan fingerprint density at radius 3 is 2.47 bits per heavy atom. The molecule has 0 spiro atoms. The molecule has 2 saturated heterocycles. The lowest BCUT2D eigenvalue weighted by atomic mass is 10.0. The second-order valence-corrected chi connectivity index (χ2v) is 10.0. The van der Waals surface area contributed by atoms with Crippen molar-refractivity contribution in [3.63, 3.8) is 0 Å². The highest BCUT2D eigenvalue weighted by atomic mass is 32.2. The average molecular weight is 452 g/mol. The third-order valence-electron chi connectivity index (χ3n) is 6.68. The highest BCUT2D eigenvalue weighted by molar-refractivity contribution is 7.97. The Hall–Kier alpha value is -2.38. The van der Waals surface area contributed by atoms with Gasteiger partial charge in [0.1, 0.15) is 18.5 Å². The zero-order chi connectivity index (χ0) is 21.8. The molecule has 0 N–H and O–H groups in total. The van der Waals surface area contributed by atoms with Crippen LogP contribution < -0.4 is 4.90 Å². The number of halogens is 1. The summed E-state index contributed by atoms with van der Waals surface area (Å²) in [4.78, 5) is 2.29. The molecule has 2 aliphatic heterocycles. The van der Waals surface area contributed by atoms with E-state index in [-0.39, 0.29) is 5.82 Å². The van der Waals surface area contributed by atoms with Crippen LogP contribution in [0.3, 0.4) is 0 Å². The number of hydrogen-bond donors (Lipinski definition) is 0. The maximum Gasteiger partial charge on any atom is 0.128 e. The molecule has 0 radical (unpaired) electrons. The summed E-state index contributed by atoms with van der Waals surface area (Å²) in [5.74, 6) is -0.0787. The Morgan fingerprint density at radius 1 is 0.938 bits per heavy atom. The highest BCUT2D eigenvalue weighted by Gasteiger charge is 2.23. The minimum atomic E-state index is -0.0787. The van der Waals surface area contributed by atoms with Crippen LogP contribution in [0.2, 0.25) is 0 Å². The van der Waals surface area contributed by atoms with Crippen molar-refractivity contribution in [2.75, 3.05) is 31.1 Å². The summed E-state index contributed by atoms with van der Waals surface area (Å²) in [6.45, 7) is 3.81. The number of aromatic nitrogens is 3. The SMILES string of the molecule is Fc1cc(N2CCC(n3cnnc3)CC2)ccc1CCN1CCCC(c2ccccc2)S1. The summed E-state index contributed by atoms with van der Waals surface area (Å²) in [6.07, 6.45) is 8.78. The molecule has 5 nitrogen and oxygen atoms in total. The molecule has 2 aromatic carbocycles. The zero-order valence-corrected chi connectivity index (χ0v) is 19.1. The predicted molar refractivity (Wildman–Crippen MR) is 128 cm³/mol. The van der Waals surface area contributed by atoms with Crippen molar-refractivity contribution in [2.45, 2.75) is 43.4 Å². The zero-order valence-electron chi connectivity index (χ0n) is 18.3. The number of nitrogens with zero attached hydrogens (tertiary/aromatic N) is 5. The van der Waals surface area contributed by atoms with Gasteiger partial charge >= 0.3 is 0 Å². The molecule has 0 aliphatic carbocycles. The van der Waals surface area contributed by atoms with Gasteiger partial charge in [-0.1, -0.05) is 48.3 Å². The molecule has 3 heterocycles. The van der Waals surface area contributed by atoms with Crippen molar-refractivity contribution in [1.82, 2.24) is 19.1 Å². The fourth-order valence-corrected chi connectivity index (χ4v) is 6.14. The molecule has 32 heavy (non-hydrogen) atoms. The molecule has 2 fully saturated rings. The number of rotatable bonds is 6. The van der Waals surface area contributed by atoms with Crippen LogP contribution in [0.5, 0.6) is 0 Å². The van der Waals surface area contributed by atoms with Gasteiger partial charge in [0.2, 0.25) is 0 Å². The standard InChI is InChI=1S/C25H30FN5S/c26-24-17-23(29-14-11-22(12-15-29)30-18-27-28-19-30)9-8-20(24)10-16-31-13-4-7-25(32-31)21-5-2-1-3-6-21/h1-3,5-6,8-9,17-19,22,25H,4,7,10-16H2. The molecule has 1 unspecified atom stereocenters. The van der Waals surface area contributed by atoms with E-state index >= 15 is 0 Å². The van der Waals surface area contributed by atoms with E-state index < -0.39 is 0 Å². The van der Waals surface area contributed by atoms with E-state index in [1.54, 1.807) is 18.7 Å². The maximum atomic E-state index is 14.9. The summed E-state index contributed by atoms with van der Waals surface area (Å²) in [7, 11) is 0. The molecule has 3 aromatic rings. The van der Waals surface area contributed by atoms with Gasteiger partial charge < -0.3 is 9.47 Å². The third-order valence-corrected chi connectivity index (χ3v) is 8.10. The van der Waals surface area contributed by atoms with Crippen molar-refractivity contribution in [3.8, 4) is 0 Å². The molecule has 1 aromatic heterocycles. The predicted octanol–water partition coefficient (Wildman–Crippen LogP) is 5.29. The van der Waals surface area contributed by atoms with Crippen LogP contribution in [0.25, 0.3) is 0 Å². The van der Waals surface area contributed by atoms with E-state index in [4.69, 9.17) is 0 Å². The molecular formula is C25H30FN5S. The first-order valence-corrected chi connectivity index (χ1v) is 12.4. The Morgan fingerprint density at radius 2 is 1.72 bits per heavy atom. The fraction of sp³-hybridized carbons (Fsp3) is 0.440. The number of hydrogen-bond acceptors (Lipinski definition) is 5. The Kier molecular flexibility index (Phi) is 6.74. The van der Waals surface area contributed by atoms with Crippen LogP contribution in [-0.2, 0) is 6.42 Å². The van der Waals surface area contributed by atoms with E-state index in [0.29, 0.717) is 11.3 Å². The normalized spacial score (nSPS) is 20.5. The van der Waals surface area contributed by atoms with Crippen LogP contribution in [0.1, 0.15) is 48.1 Å². The molecular weight excluding hydrogens is 421 g/mol. The van der Waals surface area contributed by atoms with Crippen LogP contribution in [0.4, 0.5) is 10.1 Å². The minimum absolute atomic E-state index is 0.0787. The molecule has 0 amide bonds. The molecule has 1 atom stereocenters. The molecule has 2 aliphatic rings. The second-order valence-electron chi connectivity index (χ2n) is 8.73. The summed E-state index contributed by atoms with van der Waals surface area (Å²) in [5.41, 5.74) is 3.20. The van der Waals surface area contributed by atoms with E-state index in [9.17, 15) is 4.39 Å². The number of piperidine rings is 1. The Labute approximate surface area is 193 Å². The molecule has 0 saturated carbocycles. The lowest BCUT2D eigenvalue weighted by Crippen LogP contribution is -2.34. The average Bonchev–Trinajstić information content (AvgIpc) is 3.39. The summed E-state index contributed by atoms with van der Waals surface area (Å²) in [5, 5.41) is 8.33. The molecule has 7 heteroatoms. The lowest BCUT2D eigenvalue weighted by Gasteiger charge is -2.34. The Balaban J connectivity index is 1.15. The van der Waals surface area contributed by atoms with Crippen molar-refractivity contribution in [1.29, 1.82) is 0 Å². The van der Waals surface area contributed by atoms with E-state index in [0.717, 1.165) is 56.7 Å². The van der Waals surface area contributed by atoms with E-state index in [1.165, 1.54) is 18.4 Å². The molecule has 5 rings (SSSR count). The minimum Gasteiger partial charge on any atom is -0.371 e. The third kappa shape index (κ3) is 4.99. The quantitative estimate of drug-likeness (QED) is 0.476. The van der Waals surface area contributed by atoms with Crippen LogP contribution >= 0.6 is 11.9 Å². The van der Waals surface area contributed by atoms with Crippen molar-refractivity contribution >= 4 is 17.6 Å². The first kappa shape index (κ1) is 21.5. The molecule has 168 valence electrons. The molecule has 0 bridgehead atoms. The smallest absolute Gasteiger partial charge is 0.128 e. The van der Waals surface area contributed by atoms with Crippen LogP contribution in [0, 0.1) is 5.82 Å². The van der Waals surface area contributed by atoms with Gasteiger partial charge in [0.05, 0.1) is 0 Å². The largest absolute Gasteiger partial charge is 0.371 e. The van der Waals surface area contributed by atoms with Crippen molar-refractivity contribution < 1.29 is 4.39 Å². The highest BCUT2D eigenvalue weighted by Crippen LogP contribution is 2.39.